The number of nitrogens with two attached hydrogens (primary N) is 1. The van der Waals surface area contributed by atoms with Crippen LogP contribution < -0.4 is 5.73 Å². The maximum atomic E-state index is 10.6. The molecule has 1 aromatic carbocycles. The minimum Gasteiger partial charge on any atom is -0.481 e. The van der Waals surface area contributed by atoms with E-state index in [2.05, 4.69) is 26.1 Å². The first kappa shape index (κ1) is 13.9. The van der Waals surface area contributed by atoms with Crippen molar-refractivity contribution >= 4 is 39.6 Å². The highest BCUT2D eigenvalue weighted by Gasteiger charge is 2.14. The van der Waals surface area contributed by atoms with Gasteiger partial charge in [-0.1, -0.05) is 27.7 Å². The van der Waals surface area contributed by atoms with Crippen LogP contribution in [0.4, 0.5) is 5.95 Å². The molecule has 0 amide bonds. The molecule has 1 heterocycles. The van der Waals surface area contributed by atoms with E-state index in [-0.39, 0.29) is 11.7 Å². The average Bonchev–Trinajstić information content (AvgIpc) is 2.71. The van der Waals surface area contributed by atoms with Crippen LogP contribution in [0.3, 0.4) is 0 Å². The minimum atomic E-state index is -0.912. The van der Waals surface area contributed by atoms with E-state index >= 15 is 0 Å². The van der Waals surface area contributed by atoms with Crippen molar-refractivity contribution in [1.82, 2.24) is 14.8 Å². The highest BCUT2D eigenvalue weighted by atomic mass is 79.9. The number of nitrogen functional groups attached to an aromatic ring is 1. The maximum Gasteiger partial charge on any atom is 0.313 e. The number of hydrogen-bond acceptors (Lipinski definition) is 5. The van der Waals surface area contributed by atoms with Gasteiger partial charge in [-0.25, -0.2) is 0 Å². The Morgan fingerprint density at radius 1 is 1.53 bits per heavy atom. The molecule has 0 aliphatic heterocycles. The van der Waals surface area contributed by atoms with Gasteiger partial charge in [0, 0.05) is 4.47 Å². The number of halogens is 1. The second-order valence-corrected chi connectivity index (χ2v) is 5.59. The van der Waals surface area contributed by atoms with Crippen LogP contribution in [0.5, 0.6) is 0 Å². The fourth-order valence-electron chi connectivity index (χ4n) is 1.51. The number of aliphatic carboxylic acids is 1. The van der Waals surface area contributed by atoms with Crippen molar-refractivity contribution in [2.45, 2.75) is 12.1 Å². The molecule has 0 bridgehead atoms. The van der Waals surface area contributed by atoms with E-state index in [0.717, 1.165) is 27.5 Å². The summed E-state index contributed by atoms with van der Waals surface area (Å²) < 4.78 is 2.62. The van der Waals surface area contributed by atoms with Gasteiger partial charge in [0.25, 0.3) is 0 Å². The molecule has 0 aliphatic carbocycles. The van der Waals surface area contributed by atoms with Gasteiger partial charge in [0.15, 0.2) is 5.16 Å². The summed E-state index contributed by atoms with van der Waals surface area (Å²) in [5, 5.41) is 16.8. The number of aryl methyl sites for hydroxylation is 1. The molecule has 2 rings (SSSR count). The molecule has 1 aromatic heterocycles. The Labute approximate surface area is 122 Å². The van der Waals surface area contributed by atoms with Crippen molar-refractivity contribution in [2.24, 2.45) is 0 Å². The van der Waals surface area contributed by atoms with Crippen LogP contribution in [-0.4, -0.2) is 31.6 Å². The number of carboxylic acids is 1. The summed E-state index contributed by atoms with van der Waals surface area (Å²) >= 11 is 4.50. The standard InChI is InChI=1S/C11H11BrN4O2S/c1-6-4-7(2-3-8(6)12)16-10(13)14-15-11(16)19-5-9(17)18/h2-4H,5H2,1H3,(H2,13,14)(H,17,18). The quantitative estimate of drug-likeness (QED) is 0.826. The van der Waals surface area contributed by atoms with E-state index in [4.69, 9.17) is 10.8 Å². The molecular weight excluding hydrogens is 332 g/mol. The highest BCUT2D eigenvalue weighted by Crippen LogP contribution is 2.26. The number of thioether (sulfide) groups is 1. The predicted molar refractivity (Wildman–Crippen MR) is 76.6 cm³/mol. The maximum absolute atomic E-state index is 10.6. The van der Waals surface area contributed by atoms with Gasteiger partial charge in [-0.15, -0.1) is 10.2 Å². The summed E-state index contributed by atoms with van der Waals surface area (Å²) in [6, 6.07) is 5.69. The van der Waals surface area contributed by atoms with Crippen molar-refractivity contribution in [2.75, 3.05) is 11.5 Å². The number of carbonyl (C=O) groups is 1. The summed E-state index contributed by atoms with van der Waals surface area (Å²) in [6.07, 6.45) is 0. The van der Waals surface area contributed by atoms with E-state index < -0.39 is 5.97 Å². The van der Waals surface area contributed by atoms with Crippen LogP contribution in [-0.2, 0) is 4.79 Å². The van der Waals surface area contributed by atoms with Crippen molar-refractivity contribution in [1.29, 1.82) is 0 Å². The summed E-state index contributed by atoms with van der Waals surface area (Å²) in [5.41, 5.74) is 7.63. The minimum absolute atomic E-state index is 0.0896. The third-order valence-electron chi connectivity index (χ3n) is 2.38. The Hall–Kier alpha value is -1.54. The predicted octanol–water partition coefficient (Wildman–Crippen LogP) is 2.10. The lowest BCUT2D eigenvalue weighted by atomic mass is 10.2. The van der Waals surface area contributed by atoms with Crippen LogP contribution >= 0.6 is 27.7 Å². The van der Waals surface area contributed by atoms with Crippen LogP contribution in [0.2, 0.25) is 0 Å². The molecule has 0 fully saturated rings. The second-order valence-electron chi connectivity index (χ2n) is 3.79. The van der Waals surface area contributed by atoms with Gasteiger partial charge in [-0.2, -0.15) is 0 Å². The van der Waals surface area contributed by atoms with E-state index in [9.17, 15) is 4.79 Å². The molecule has 0 radical (unpaired) electrons. The van der Waals surface area contributed by atoms with Crippen LogP contribution in [0.1, 0.15) is 5.56 Å². The summed E-state index contributed by atoms with van der Waals surface area (Å²) in [7, 11) is 0. The largest absolute Gasteiger partial charge is 0.481 e. The third-order valence-corrected chi connectivity index (χ3v) is 4.19. The van der Waals surface area contributed by atoms with Gasteiger partial charge in [-0.05, 0) is 30.7 Å². The SMILES string of the molecule is Cc1cc(-n2c(N)nnc2SCC(=O)O)ccc1Br. The molecule has 100 valence electrons. The Kier molecular flexibility index (Phi) is 4.11. The number of benzene rings is 1. The zero-order valence-corrected chi connectivity index (χ0v) is 12.4. The first-order chi connectivity index (χ1) is 8.99. The third kappa shape index (κ3) is 3.07. The Morgan fingerprint density at radius 3 is 2.89 bits per heavy atom. The number of anilines is 1. The molecule has 0 aliphatic rings. The lowest BCUT2D eigenvalue weighted by Crippen LogP contribution is -2.04. The van der Waals surface area contributed by atoms with E-state index in [1.54, 1.807) is 4.57 Å². The van der Waals surface area contributed by atoms with E-state index in [0.29, 0.717) is 5.16 Å². The molecule has 8 heteroatoms. The average molecular weight is 343 g/mol. The number of nitrogens with zero attached hydrogens (tertiary/aromatic N) is 3. The fourth-order valence-corrected chi connectivity index (χ4v) is 2.44. The molecule has 6 nitrogen and oxygen atoms in total. The normalized spacial score (nSPS) is 10.6. The summed E-state index contributed by atoms with van der Waals surface area (Å²) in [6.45, 7) is 1.96. The van der Waals surface area contributed by atoms with Crippen LogP contribution in [0.25, 0.3) is 5.69 Å². The van der Waals surface area contributed by atoms with Gasteiger partial charge in [0.05, 0.1) is 11.4 Å². The van der Waals surface area contributed by atoms with Gasteiger partial charge in [0.2, 0.25) is 5.95 Å². The molecule has 0 atom stereocenters. The van der Waals surface area contributed by atoms with E-state index in [1.165, 1.54) is 0 Å². The number of hydrogen-bond donors (Lipinski definition) is 2. The highest BCUT2D eigenvalue weighted by molar-refractivity contribution is 9.10. The molecule has 0 unspecified atom stereocenters. The van der Waals surface area contributed by atoms with Gasteiger partial charge < -0.3 is 10.8 Å². The molecule has 19 heavy (non-hydrogen) atoms. The van der Waals surface area contributed by atoms with Crippen molar-refractivity contribution in [3.05, 3.63) is 28.2 Å². The van der Waals surface area contributed by atoms with Crippen LogP contribution in [0, 0.1) is 6.92 Å². The number of carboxylic acid groups (broad SMARTS) is 1. The van der Waals surface area contributed by atoms with Gasteiger partial charge >= 0.3 is 5.97 Å². The monoisotopic (exact) mass is 342 g/mol. The lowest BCUT2D eigenvalue weighted by molar-refractivity contribution is -0.133. The zero-order valence-electron chi connectivity index (χ0n) is 10.00. The molecule has 0 saturated carbocycles. The molecule has 0 spiro atoms. The Balaban J connectivity index is 2.40. The zero-order chi connectivity index (χ0) is 14.0. The number of rotatable bonds is 4. The molecule has 3 N–H and O–H groups in total. The smallest absolute Gasteiger partial charge is 0.313 e. The first-order valence-corrected chi connectivity index (χ1v) is 7.09. The van der Waals surface area contributed by atoms with Crippen molar-refractivity contribution in [3.63, 3.8) is 0 Å². The summed E-state index contributed by atoms with van der Waals surface area (Å²) in [4.78, 5) is 10.6. The topological polar surface area (TPSA) is 94.0 Å². The molecule has 0 saturated heterocycles. The van der Waals surface area contributed by atoms with Crippen molar-refractivity contribution < 1.29 is 9.90 Å². The van der Waals surface area contributed by atoms with Crippen molar-refractivity contribution in [3.8, 4) is 5.69 Å². The molecular formula is C11H11BrN4O2S. The Bertz CT molecular complexity index is 629. The molecule has 2 aromatic rings. The van der Waals surface area contributed by atoms with Crippen LogP contribution in [0.15, 0.2) is 27.8 Å². The Morgan fingerprint density at radius 2 is 2.26 bits per heavy atom. The summed E-state index contributed by atoms with van der Waals surface area (Å²) in [5.74, 6) is -0.770. The second kappa shape index (κ2) is 5.62. The van der Waals surface area contributed by atoms with Gasteiger partial charge in [-0.3, -0.25) is 9.36 Å². The lowest BCUT2D eigenvalue weighted by Gasteiger charge is -2.09. The van der Waals surface area contributed by atoms with E-state index in [1.807, 2.05) is 25.1 Å². The van der Waals surface area contributed by atoms with Gasteiger partial charge in [0.1, 0.15) is 0 Å². The fraction of sp³-hybridized carbons (Fsp3) is 0.182. The first-order valence-electron chi connectivity index (χ1n) is 5.31. The number of aromatic nitrogens is 3.